The second kappa shape index (κ2) is 3.99. The summed E-state index contributed by atoms with van der Waals surface area (Å²) in [6.45, 7) is 2.85. The molecule has 82 valence electrons. The molecule has 3 nitrogen and oxygen atoms in total. The van der Waals surface area contributed by atoms with Crippen molar-refractivity contribution in [1.82, 2.24) is 5.32 Å². The second-order valence-electron chi connectivity index (χ2n) is 4.46. The molecule has 2 unspecified atom stereocenters. The number of nitrogens with one attached hydrogen (secondary N) is 1. The van der Waals surface area contributed by atoms with E-state index in [9.17, 15) is 0 Å². The van der Waals surface area contributed by atoms with Crippen LogP contribution in [-0.2, 0) is 11.2 Å². The van der Waals surface area contributed by atoms with Gasteiger partial charge in [-0.2, -0.15) is 0 Å². The van der Waals surface area contributed by atoms with Crippen LogP contribution in [0, 0.1) is 5.92 Å². The number of furan rings is 1. The van der Waals surface area contributed by atoms with E-state index in [1.165, 1.54) is 24.2 Å². The van der Waals surface area contributed by atoms with E-state index in [4.69, 9.17) is 9.15 Å². The van der Waals surface area contributed by atoms with Gasteiger partial charge in [0.15, 0.2) is 0 Å². The number of ether oxygens (including phenoxy) is 1. The molecular formula is C12H17NO2. The second-order valence-corrected chi connectivity index (χ2v) is 4.46. The van der Waals surface area contributed by atoms with Crippen LogP contribution in [0.5, 0.6) is 0 Å². The van der Waals surface area contributed by atoms with Gasteiger partial charge in [-0.15, -0.1) is 0 Å². The highest BCUT2D eigenvalue weighted by atomic mass is 16.5. The van der Waals surface area contributed by atoms with Crippen molar-refractivity contribution in [3.8, 4) is 0 Å². The van der Waals surface area contributed by atoms with E-state index in [1.807, 2.05) is 6.26 Å². The molecule has 0 aliphatic carbocycles. The van der Waals surface area contributed by atoms with E-state index in [-0.39, 0.29) is 0 Å². The van der Waals surface area contributed by atoms with Crippen molar-refractivity contribution in [3.63, 3.8) is 0 Å². The molecule has 0 amide bonds. The van der Waals surface area contributed by atoms with Crippen LogP contribution in [-0.4, -0.2) is 19.8 Å². The monoisotopic (exact) mass is 207 g/mol. The van der Waals surface area contributed by atoms with Crippen LogP contribution in [0.4, 0.5) is 0 Å². The SMILES string of the molecule is c1cc2c(o1)CCNC2C1CCCOC1. The van der Waals surface area contributed by atoms with Crippen molar-refractivity contribution >= 4 is 0 Å². The molecule has 3 heteroatoms. The Kier molecular flexibility index (Phi) is 2.51. The maximum absolute atomic E-state index is 5.56. The molecular weight excluding hydrogens is 190 g/mol. The van der Waals surface area contributed by atoms with Crippen molar-refractivity contribution in [1.29, 1.82) is 0 Å². The number of rotatable bonds is 1. The average Bonchev–Trinajstić information content (AvgIpc) is 2.78. The zero-order chi connectivity index (χ0) is 10.1. The standard InChI is InChI=1S/C12H17NO2/c1-2-9(8-14-6-1)12-10-4-7-15-11(10)3-5-13-12/h4,7,9,12-13H,1-3,5-6,8H2. The normalized spacial score (nSPS) is 31.2. The van der Waals surface area contributed by atoms with Crippen LogP contribution < -0.4 is 5.32 Å². The molecule has 2 atom stereocenters. The highest BCUT2D eigenvalue weighted by molar-refractivity contribution is 5.25. The molecule has 3 rings (SSSR count). The van der Waals surface area contributed by atoms with Crippen molar-refractivity contribution in [3.05, 3.63) is 23.7 Å². The van der Waals surface area contributed by atoms with Crippen LogP contribution in [0.2, 0.25) is 0 Å². The van der Waals surface area contributed by atoms with E-state index in [0.717, 1.165) is 26.2 Å². The van der Waals surface area contributed by atoms with Gasteiger partial charge in [0.25, 0.3) is 0 Å². The van der Waals surface area contributed by atoms with Crippen LogP contribution in [0.3, 0.4) is 0 Å². The van der Waals surface area contributed by atoms with Gasteiger partial charge >= 0.3 is 0 Å². The van der Waals surface area contributed by atoms with E-state index in [1.54, 1.807) is 0 Å². The van der Waals surface area contributed by atoms with Crippen molar-refractivity contribution < 1.29 is 9.15 Å². The molecule has 0 aromatic carbocycles. The Morgan fingerprint density at radius 3 is 3.27 bits per heavy atom. The fourth-order valence-corrected chi connectivity index (χ4v) is 2.73. The molecule has 0 bridgehead atoms. The Morgan fingerprint density at radius 2 is 2.40 bits per heavy atom. The molecule has 3 heterocycles. The van der Waals surface area contributed by atoms with Gasteiger partial charge in [0.1, 0.15) is 5.76 Å². The third kappa shape index (κ3) is 1.70. The van der Waals surface area contributed by atoms with Gasteiger partial charge in [0.2, 0.25) is 0 Å². The molecule has 15 heavy (non-hydrogen) atoms. The summed E-state index contributed by atoms with van der Waals surface area (Å²) >= 11 is 0. The Bertz CT molecular complexity index is 328. The lowest BCUT2D eigenvalue weighted by Gasteiger charge is -2.33. The van der Waals surface area contributed by atoms with Crippen LogP contribution in [0.25, 0.3) is 0 Å². The van der Waals surface area contributed by atoms with Crippen LogP contribution >= 0.6 is 0 Å². The molecule has 0 saturated carbocycles. The number of fused-ring (bicyclic) bond motifs is 1. The number of hydrogen-bond donors (Lipinski definition) is 1. The number of hydrogen-bond acceptors (Lipinski definition) is 3. The highest BCUT2D eigenvalue weighted by Crippen LogP contribution is 2.33. The van der Waals surface area contributed by atoms with Gasteiger partial charge in [-0.05, 0) is 18.9 Å². The summed E-state index contributed by atoms with van der Waals surface area (Å²) < 4.78 is 11.1. The Labute approximate surface area is 89.8 Å². The third-order valence-electron chi connectivity index (χ3n) is 3.50. The van der Waals surface area contributed by atoms with E-state index in [2.05, 4.69) is 11.4 Å². The minimum atomic E-state index is 0.452. The minimum absolute atomic E-state index is 0.452. The summed E-state index contributed by atoms with van der Waals surface area (Å²) in [5.74, 6) is 1.79. The first kappa shape index (κ1) is 9.43. The zero-order valence-corrected chi connectivity index (χ0v) is 8.87. The molecule has 0 radical (unpaired) electrons. The van der Waals surface area contributed by atoms with E-state index >= 15 is 0 Å². The van der Waals surface area contributed by atoms with Gasteiger partial charge < -0.3 is 14.5 Å². The minimum Gasteiger partial charge on any atom is -0.469 e. The molecule has 0 spiro atoms. The topological polar surface area (TPSA) is 34.4 Å². The first-order valence-electron chi connectivity index (χ1n) is 5.82. The quantitative estimate of drug-likeness (QED) is 0.763. The molecule has 1 fully saturated rings. The van der Waals surface area contributed by atoms with Gasteiger partial charge in [0.05, 0.1) is 12.9 Å². The fraction of sp³-hybridized carbons (Fsp3) is 0.667. The Morgan fingerprint density at radius 1 is 1.40 bits per heavy atom. The molecule has 2 aliphatic heterocycles. The van der Waals surface area contributed by atoms with Crippen molar-refractivity contribution in [2.45, 2.75) is 25.3 Å². The fourth-order valence-electron chi connectivity index (χ4n) is 2.73. The van der Waals surface area contributed by atoms with Gasteiger partial charge in [-0.1, -0.05) is 0 Å². The summed E-state index contributed by atoms with van der Waals surface area (Å²) in [6, 6.07) is 2.56. The van der Waals surface area contributed by atoms with Gasteiger partial charge in [0, 0.05) is 37.1 Å². The highest BCUT2D eigenvalue weighted by Gasteiger charge is 2.30. The Balaban J connectivity index is 1.82. The molecule has 1 N–H and O–H groups in total. The van der Waals surface area contributed by atoms with E-state index < -0.39 is 0 Å². The summed E-state index contributed by atoms with van der Waals surface area (Å²) in [5, 5.41) is 3.59. The van der Waals surface area contributed by atoms with Crippen molar-refractivity contribution in [2.24, 2.45) is 5.92 Å². The van der Waals surface area contributed by atoms with Crippen LogP contribution in [0.1, 0.15) is 30.2 Å². The lowest BCUT2D eigenvalue weighted by Crippen LogP contribution is -2.37. The average molecular weight is 207 g/mol. The Hall–Kier alpha value is -0.800. The van der Waals surface area contributed by atoms with Gasteiger partial charge in [-0.25, -0.2) is 0 Å². The van der Waals surface area contributed by atoms with Crippen molar-refractivity contribution in [2.75, 3.05) is 19.8 Å². The lowest BCUT2D eigenvalue weighted by atomic mass is 9.86. The molecule has 2 aliphatic rings. The predicted octanol–water partition coefficient (Wildman–Crippen LogP) is 1.89. The van der Waals surface area contributed by atoms with Crippen LogP contribution in [0.15, 0.2) is 16.7 Å². The first-order valence-corrected chi connectivity index (χ1v) is 5.82. The largest absolute Gasteiger partial charge is 0.469 e. The summed E-state index contributed by atoms with van der Waals surface area (Å²) in [7, 11) is 0. The predicted molar refractivity (Wildman–Crippen MR) is 56.7 cm³/mol. The van der Waals surface area contributed by atoms with E-state index in [0.29, 0.717) is 12.0 Å². The summed E-state index contributed by atoms with van der Waals surface area (Å²) in [6.07, 6.45) is 5.29. The molecule has 1 aromatic rings. The third-order valence-corrected chi connectivity index (χ3v) is 3.50. The summed E-state index contributed by atoms with van der Waals surface area (Å²) in [4.78, 5) is 0. The first-order chi connectivity index (χ1) is 7.45. The van der Waals surface area contributed by atoms with Gasteiger partial charge in [-0.3, -0.25) is 0 Å². The lowest BCUT2D eigenvalue weighted by molar-refractivity contribution is 0.0377. The summed E-state index contributed by atoms with van der Waals surface area (Å²) in [5.41, 5.74) is 1.36. The molecule has 1 aromatic heterocycles. The molecule has 1 saturated heterocycles. The zero-order valence-electron chi connectivity index (χ0n) is 8.87. The maximum atomic E-state index is 5.56. The smallest absolute Gasteiger partial charge is 0.109 e. The maximum Gasteiger partial charge on any atom is 0.109 e.